The molecule has 3 rings (SSSR count). The van der Waals surface area contributed by atoms with Crippen molar-refractivity contribution in [1.82, 2.24) is 5.32 Å². The molecular formula is C12H21N. The molecule has 2 aliphatic carbocycles. The molecule has 0 amide bonds. The van der Waals surface area contributed by atoms with Crippen LogP contribution in [0.3, 0.4) is 0 Å². The van der Waals surface area contributed by atoms with Crippen LogP contribution in [0.5, 0.6) is 0 Å². The second-order valence-electron chi connectivity index (χ2n) is 5.52. The van der Waals surface area contributed by atoms with Crippen molar-refractivity contribution in [3.63, 3.8) is 0 Å². The molecule has 0 bridgehead atoms. The van der Waals surface area contributed by atoms with Crippen LogP contribution in [0.4, 0.5) is 0 Å². The lowest BCUT2D eigenvalue weighted by Crippen LogP contribution is -2.46. The zero-order valence-corrected chi connectivity index (χ0v) is 8.68. The quantitative estimate of drug-likeness (QED) is 0.686. The largest absolute Gasteiger partial charge is 0.316 e. The van der Waals surface area contributed by atoms with Crippen molar-refractivity contribution in [1.29, 1.82) is 0 Å². The molecule has 1 unspecified atom stereocenters. The summed E-state index contributed by atoms with van der Waals surface area (Å²) in [5.74, 6) is 3.19. The van der Waals surface area contributed by atoms with E-state index in [-0.39, 0.29) is 0 Å². The van der Waals surface area contributed by atoms with E-state index < -0.39 is 0 Å². The average Bonchev–Trinajstić information content (AvgIpc) is 3.01. The van der Waals surface area contributed by atoms with Gasteiger partial charge in [-0.05, 0) is 68.4 Å². The smallest absolute Gasteiger partial charge is 0.00176 e. The minimum absolute atomic E-state index is 0.797. The Bertz CT molecular complexity index is 191. The molecule has 0 aromatic carbocycles. The van der Waals surface area contributed by atoms with E-state index in [1.165, 1.54) is 19.5 Å². The Morgan fingerprint density at radius 3 is 2.15 bits per heavy atom. The van der Waals surface area contributed by atoms with E-state index in [0.29, 0.717) is 0 Å². The van der Waals surface area contributed by atoms with Crippen LogP contribution in [0.1, 0.15) is 39.0 Å². The van der Waals surface area contributed by atoms with E-state index in [1.54, 1.807) is 25.7 Å². The fraction of sp³-hybridized carbons (Fsp3) is 1.00. The molecule has 3 fully saturated rings. The summed E-state index contributed by atoms with van der Waals surface area (Å²) < 4.78 is 0. The third-order valence-corrected chi connectivity index (χ3v) is 4.78. The van der Waals surface area contributed by atoms with Gasteiger partial charge < -0.3 is 5.32 Å². The molecule has 13 heavy (non-hydrogen) atoms. The first kappa shape index (κ1) is 8.28. The third-order valence-electron chi connectivity index (χ3n) is 4.78. The van der Waals surface area contributed by atoms with Gasteiger partial charge in [0.1, 0.15) is 0 Å². The van der Waals surface area contributed by atoms with Crippen LogP contribution >= 0.6 is 0 Å². The van der Waals surface area contributed by atoms with Gasteiger partial charge in [-0.2, -0.15) is 0 Å². The maximum absolute atomic E-state index is 3.55. The Hall–Kier alpha value is -0.0400. The predicted molar refractivity (Wildman–Crippen MR) is 54.5 cm³/mol. The molecule has 2 saturated carbocycles. The molecule has 0 radical (unpaired) electrons. The van der Waals surface area contributed by atoms with Crippen LogP contribution in [0.15, 0.2) is 0 Å². The maximum atomic E-state index is 3.55. The lowest BCUT2D eigenvalue weighted by molar-refractivity contribution is 0.0636. The molecule has 1 saturated heterocycles. The summed E-state index contributed by atoms with van der Waals surface area (Å²) in [4.78, 5) is 0. The van der Waals surface area contributed by atoms with Crippen LogP contribution in [0.25, 0.3) is 0 Å². The van der Waals surface area contributed by atoms with Crippen molar-refractivity contribution in [3.8, 4) is 0 Å². The van der Waals surface area contributed by atoms with Crippen LogP contribution in [0, 0.1) is 23.2 Å². The molecule has 1 heteroatoms. The van der Waals surface area contributed by atoms with Gasteiger partial charge in [0.05, 0.1) is 0 Å². The number of hydrogen-bond donors (Lipinski definition) is 1. The Morgan fingerprint density at radius 1 is 1.08 bits per heavy atom. The zero-order valence-electron chi connectivity index (χ0n) is 8.68. The van der Waals surface area contributed by atoms with Crippen molar-refractivity contribution in [2.45, 2.75) is 39.0 Å². The second kappa shape index (κ2) is 2.73. The molecule has 1 aliphatic heterocycles. The number of rotatable bonds is 2. The normalized spacial score (nSPS) is 39.0. The average molecular weight is 179 g/mol. The third kappa shape index (κ3) is 1.16. The van der Waals surface area contributed by atoms with Crippen molar-refractivity contribution >= 4 is 0 Å². The minimum Gasteiger partial charge on any atom is -0.316 e. The van der Waals surface area contributed by atoms with Crippen molar-refractivity contribution in [2.75, 3.05) is 13.1 Å². The topological polar surface area (TPSA) is 12.0 Å². The van der Waals surface area contributed by atoms with Crippen LogP contribution in [-0.2, 0) is 0 Å². The molecule has 0 spiro atoms. The van der Waals surface area contributed by atoms with E-state index in [1.807, 2.05) is 0 Å². The molecule has 1 N–H and O–H groups in total. The highest BCUT2D eigenvalue weighted by Gasteiger charge is 2.56. The van der Waals surface area contributed by atoms with Crippen molar-refractivity contribution in [2.24, 2.45) is 23.2 Å². The summed E-state index contributed by atoms with van der Waals surface area (Å²) in [6.07, 6.45) is 7.65. The highest BCUT2D eigenvalue weighted by atomic mass is 14.9. The summed E-state index contributed by atoms with van der Waals surface area (Å²) in [6, 6.07) is 0. The Morgan fingerprint density at radius 2 is 1.69 bits per heavy atom. The van der Waals surface area contributed by atoms with E-state index >= 15 is 0 Å². The molecule has 3 aliphatic rings. The molecule has 1 nitrogen and oxygen atoms in total. The standard InChI is InChI=1S/C12H21N/c1-9-8-13-7-6-12(9,10-2-3-10)11-4-5-11/h9-11,13H,2-8H2,1H3. The van der Waals surface area contributed by atoms with Gasteiger partial charge in [-0.1, -0.05) is 6.92 Å². The molecule has 1 atom stereocenters. The summed E-state index contributed by atoms with van der Waals surface area (Å²) >= 11 is 0. The summed E-state index contributed by atoms with van der Waals surface area (Å²) in [7, 11) is 0. The summed E-state index contributed by atoms with van der Waals surface area (Å²) in [6.45, 7) is 5.06. The lowest BCUT2D eigenvalue weighted by atomic mass is 9.64. The monoisotopic (exact) mass is 179 g/mol. The maximum Gasteiger partial charge on any atom is -0.00176 e. The zero-order chi connectivity index (χ0) is 8.89. The van der Waals surface area contributed by atoms with Gasteiger partial charge in [0, 0.05) is 0 Å². The first-order valence-electron chi connectivity index (χ1n) is 6.05. The predicted octanol–water partition coefficient (Wildman–Crippen LogP) is 2.42. The van der Waals surface area contributed by atoms with Crippen LogP contribution in [-0.4, -0.2) is 13.1 Å². The highest BCUT2D eigenvalue weighted by molar-refractivity contribution is 5.07. The fourth-order valence-corrected chi connectivity index (χ4v) is 3.85. The van der Waals surface area contributed by atoms with Gasteiger partial charge >= 0.3 is 0 Å². The van der Waals surface area contributed by atoms with Gasteiger partial charge in [0.25, 0.3) is 0 Å². The number of hydrogen-bond acceptors (Lipinski definition) is 1. The van der Waals surface area contributed by atoms with Crippen molar-refractivity contribution < 1.29 is 0 Å². The Labute approximate surface area is 81.3 Å². The Balaban J connectivity index is 1.85. The van der Waals surface area contributed by atoms with E-state index in [9.17, 15) is 0 Å². The van der Waals surface area contributed by atoms with E-state index in [0.717, 1.165) is 23.2 Å². The van der Waals surface area contributed by atoms with Crippen LogP contribution < -0.4 is 5.32 Å². The summed E-state index contributed by atoms with van der Waals surface area (Å²) in [5, 5.41) is 3.55. The van der Waals surface area contributed by atoms with E-state index in [4.69, 9.17) is 0 Å². The van der Waals surface area contributed by atoms with Crippen LogP contribution in [0.2, 0.25) is 0 Å². The molecule has 0 aromatic heterocycles. The minimum atomic E-state index is 0.797. The van der Waals surface area contributed by atoms with Crippen molar-refractivity contribution in [3.05, 3.63) is 0 Å². The van der Waals surface area contributed by atoms with Gasteiger partial charge in [0.15, 0.2) is 0 Å². The molecule has 74 valence electrons. The SMILES string of the molecule is CC1CNCCC1(C1CC1)C1CC1. The number of piperidine rings is 1. The van der Waals surface area contributed by atoms with Gasteiger partial charge in [-0.25, -0.2) is 0 Å². The lowest BCUT2D eigenvalue weighted by Gasteiger charge is -2.44. The molecule has 0 aromatic rings. The Kier molecular flexibility index (Phi) is 1.74. The first-order chi connectivity index (χ1) is 6.34. The molecule has 1 heterocycles. The van der Waals surface area contributed by atoms with Gasteiger partial charge in [-0.15, -0.1) is 0 Å². The van der Waals surface area contributed by atoms with E-state index in [2.05, 4.69) is 12.2 Å². The molecular weight excluding hydrogens is 158 g/mol. The summed E-state index contributed by atoms with van der Waals surface area (Å²) in [5.41, 5.74) is 0.797. The highest BCUT2D eigenvalue weighted by Crippen LogP contribution is 2.63. The second-order valence-corrected chi connectivity index (χ2v) is 5.52. The number of nitrogens with one attached hydrogen (secondary N) is 1. The van der Waals surface area contributed by atoms with Gasteiger partial charge in [-0.3, -0.25) is 0 Å². The van der Waals surface area contributed by atoms with Gasteiger partial charge in [0.2, 0.25) is 0 Å². The first-order valence-corrected chi connectivity index (χ1v) is 6.05. The fourth-order valence-electron chi connectivity index (χ4n) is 3.85.